The molecule has 0 amide bonds. The number of nitrogens with zero attached hydrogens (tertiary/aromatic N) is 2. The third-order valence-corrected chi connectivity index (χ3v) is 5.46. The van der Waals surface area contributed by atoms with E-state index in [1.54, 1.807) is 30.3 Å². The van der Waals surface area contributed by atoms with Crippen LogP contribution in [0.5, 0.6) is 0 Å². The number of benzene rings is 3. The molecule has 0 heterocycles. The van der Waals surface area contributed by atoms with Crippen molar-refractivity contribution in [3.63, 3.8) is 0 Å². The van der Waals surface area contributed by atoms with Crippen molar-refractivity contribution >= 4 is 52.3 Å². The number of hydrogen-bond acceptors (Lipinski definition) is 3. The van der Waals surface area contributed by atoms with E-state index in [9.17, 15) is 5.26 Å². The van der Waals surface area contributed by atoms with Crippen LogP contribution in [0.3, 0.4) is 0 Å². The number of nitrogens with two attached hydrogens (primary N) is 1. The van der Waals surface area contributed by atoms with Crippen LogP contribution in [0.2, 0.25) is 15.1 Å². The molecule has 0 radical (unpaired) electrons. The molecular weight excluding hydrogens is 437 g/mol. The lowest BCUT2D eigenvalue weighted by atomic mass is 10.1. The molecule has 3 aromatic rings. The molecule has 3 nitrogen and oxygen atoms in total. The second kappa shape index (κ2) is 9.73. The summed E-state index contributed by atoms with van der Waals surface area (Å²) in [7, 11) is 0. The molecule has 0 saturated heterocycles. The number of rotatable bonds is 6. The molecule has 0 atom stereocenters. The van der Waals surface area contributed by atoms with Gasteiger partial charge in [-0.25, -0.2) is 0 Å². The van der Waals surface area contributed by atoms with Gasteiger partial charge >= 0.3 is 0 Å². The molecule has 0 saturated carbocycles. The molecule has 3 aromatic carbocycles. The first-order valence-corrected chi connectivity index (χ1v) is 10.2. The molecule has 6 heteroatoms. The van der Waals surface area contributed by atoms with E-state index in [0.29, 0.717) is 44.3 Å². The quantitative estimate of drug-likeness (QED) is 0.240. The first-order valence-electron chi connectivity index (χ1n) is 9.02. The van der Waals surface area contributed by atoms with E-state index >= 15 is 0 Å². The molecule has 0 bridgehead atoms. The molecule has 0 aromatic heterocycles. The third kappa shape index (κ3) is 4.98. The predicted molar refractivity (Wildman–Crippen MR) is 128 cm³/mol. The maximum absolute atomic E-state index is 9.85. The minimum Gasteiger partial charge on any atom is -0.397 e. The summed E-state index contributed by atoms with van der Waals surface area (Å²) in [5, 5.41) is 11.5. The van der Waals surface area contributed by atoms with Gasteiger partial charge in [0.05, 0.1) is 22.6 Å². The zero-order chi connectivity index (χ0) is 21.7. The Morgan fingerprint density at radius 3 is 2.37 bits per heavy atom. The first-order chi connectivity index (χ1) is 14.4. The van der Waals surface area contributed by atoms with Crippen molar-refractivity contribution in [2.75, 3.05) is 10.6 Å². The van der Waals surface area contributed by atoms with Crippen molar-refractivity contribution in [1.82, 2.24) is 0 Å². The van der Waals surface area contributed by atoms with Gasteiger partial charge in [-0.3, -0.25) is 0 Å². The van der Waals surface area contributed by atoms with Gasteiger partial charge in [0.1, 0.15) is 6.07 Å². The Bertz CT molecular complexity index is 1160. The summed E-state index contributed by atoms with van der Waals surface area (Å²) in [4.78, 5) is 1.86. The van der Waals surface area contributed by atoms with E-state index in [-0.39, 0.29) is 0 Å². The SMILES string of the molecule is C=C(/C(C#N)=C/c1ccccc1Cl)N(Cc1ccc(Cl)cc1Cl)c1ccccc1N. The summed E-state index contributed by atoms with van der Waals surface area (Å²) in [6, 6.07) is 22.2. The van der Waals surface area contributed by atoms with E-state index in [4.69, 9.17) is 40.5 Å². The van der Waals surface area contributed by atoms with E-state index < -0.39 is 0 Å². The van der Waals surface area contributed by atoms with Crippen LogP contribution in [0.25, 0.3) is 6.08 Å². The second-order valence-electron chi connectivity index (χ2n) is 6.52. The molecule has 0 unspecified atom stereocenters. The fourth-order valence-electron chi connectivity index (χ4n) is 2.95. The molecule has 0 aliphatic heterocycles. The standard InChI is InChI=1S/C24H18Cl3N3/c1-16(19(14-28)12-17-6-2-3-7-21(17)26)30(24-9-5-4-8-23(24)29)15-18-10-11-20(25)13-22(18)27/h2-13H,1,15,29H2/b19-12+. The van der Waals surface area contributed by atoms with Gasteiger partial charge in [0.25, 0.3) is 0 Å². The highest BCUT2D eigenvalue weighted by molar-refractivity contribution is 6.35. The number of halogens is 3. The Balaban J connectivity index is 2.07. The molecule has 0 aliphatic rings. The molecule has 150 valence electrons. The molecular formula is C24H18Cl3N3. The monoisotopic (exact) mass is 453 g/mol. The normalized spacial score (nSPS) is 11.1. The van der Waals surface area contributed by atoms with E-state index in [1.165, 1.54) is 0 Å². The lowest BCUT2D eigenvalue weighted by molar-refractivity contribution is 0.932. The van der Waals surface area contributed by atoms with Gasteiger partial charge in [-0.2, -0.15) is 5.26 Å². The van der Waals surface area contributed by atoms with Gasteiger partial charge in [0, 0.05) is 21.6 Å². The molecule has 0 fully saturated rings. The van der Waals surface area contributed by atoms with Crippen molar-refractivity contribution in [2.24, 2.45) is 0 Å². The topological polar surface area (TPSA) is 53.0 Å². The number of hydrogen-bond donors (Lipinski definition) is 1. The average Bonchev–Trinajstić information content (AvgIpc) is 2.73. The van der Waals surface area contributed by atoms with Crippen LogP contribution in [0.1, 0.15) is 11.1 Å². The first kappa shape index (κ1) is 21.8. The van der Waals surface area contributed by atoms with Crippen LogP contribution in [-0.4, -0.2) is 0 Å². The highest BCUT2D eigenvalue weighted by atomic mass is 35.5. The van der Waals surface area contributed by atoms with Crippen LogP contribution >= 0.6 is 34.8 Å². The summed E-state index contributed by atoms with van der Waals surface area (Å²) in [5.74, 6) is 0. The number of anilines is 2. The maximum Gasteiger partial charge on any atom is 0.101 e. The van der Waals surface area contributed by atoms with E-state index in [1.807, 2.05) is 47.4 Å². The van der Waals surface area contributed by atoms with Gasteiger partial charge < -0.3 is 10.6 Å². The fourth-order valence-corrected chi connectivity index (χ4v) is 3.61. The van der Waals surface area contributed by atoms with Crippen molar-refractivity contribution in [3.05, 3.63) is 111 Å². The Hall–Kier alpha value is -2.90. The van der Waals surface area contributed by atoms with Gasteiger partial charge in [0.15, 0.2) is 0 Å². The van der Waals surface area contributed by atoms with Gasteiger partial charge in [-0.05, 0) is 47.5 Å². The molecule has 0 aliphatic carbocycles. The lowest BCUT2D eigenvalue weighted by Crippen LogP contribution is -2.23. The van der Waals surface area contributed by atoms with Crippen molar-refractivity contribution in [2.45, 2.75) is 6.54 Å². The second-order valence-corrected chi connectivity index (χ2v) is 7.77. The Morgan fingerprint density at radius 2 is 1.70 bits per heavy atom. The van der Waals surface area contributed by atoms with Crippen molar-refractivity contribution < 1.29 is 0 Å². The number of nitrogen functional groups attached to an aromatic ring is 1. The minimum absolute atomic E-state index is 0.352. The van der Waals surface area contributed by atoms with Gasteiger partial charge in [-0.15, -0.1) is 0 Å². The minimum atomic E-state index is 0.352. The van der Waals surface area contributed by atoms with Crippen LogP contribution in [0.15, 0.2) is 84.6 Å². The summed E-state index contributed by atoms with van der Waals surface area (Å²) in [6.45, 7) is 4.53. The van der Waals surface area contributed by atoms with Crippen LogP contribution in [0, 0.1) is 11.3 Å². The zero-order valence-corrected chi connectivity index (χ0v) is 18.2. The van der Waals surface area contributed by atoms with Crippen LogP contribution < -0.4 is 10.6 Å². The van der Waals surface area contributed by atoms with E-state index in [0.717, 1.165) is 11.1 Å². The third-order valence-electron chi connectivity index (χ3n) is 4.53. The smallest absolute Gasteiger partial charge is 0.101 e. The zero-order valence-electron chi connectivity index (χ0n) is 15.9. The van der Waals surface area contributed by atoms with Gasteiger partial charge in [0.2, 0.25) is 0 Å². The highest BCUT2D eigenvalue weighted by Crippen LogP contribution is 2.33. The lowest BCUT2D eigenvalue weighted by Gasteiger charge is -2.28. The number of allylic oxidation sites excluding steroid dienone is 1. The Kier molecular flexibility index (Phi) is 7.07. The highest BCUT2D eigenvalue weighted by Gasteiger charge is 2.18. The molecule has 30 heavy (non-hydrogen) atoms. The van der Waals surface area contributed by atoms with Crippen LogP contribution in [0.4, 0.5) is 11.4 Å². The number of nitriles is 1. The van der Waals surface area contributed by atoms with E-state index in [2.05, 4.69) is 12.6 Å². The van der Waals surface area contributed by atoms with Crippen molar-refractivity contribution in [3.8, 4) is 6.07 Å². The van der Waals surface area contributed by atoms with Crippen LogP contribution in [-0.2, 0) is 6.54 Å². The van der Waals surface area contributed by atoms with Crippen molar-refractivity contribution in [1.29, 1.82) is 5.26 Å². The molecule has 3 rings (SSSR count). The van der Waals surface area contributed by atoms with Gasteiger partial charge in [-0.1, -0.05) is 77.8 Å². The largest absolute Gasteiger partial charge is 0.397 e. The summed E-state index contributed by atoms with van der Waals surface area (Å²) >= 11 is 18.7. The fraction of sp³-hybridized carbons (Fsp3) is 0.0417. The summed E-state index contributed by atoms with van der Waals surface area (Å²) < 4.78 is 0. The predicted octanol–water partition coefficient (Wildman–Crippen LogP) is 7.36. The molecule has 2 N–H and O–H groups in total. The summed E-state index contributed by atoms with van der Waals surface area (Å²) in [6.07, 6.45) is 1.71. The summed E-state index contributed by atoms with van der Waals surface area (Å²) in [5.41, 5.74) is 9.88. The Morgan fingerprint density at radius 1 is 1.00 bits per heavy atom. The Labute approximate surface area is 191 Å². The molecule has 0 spiro atoms. The maximum atomic E-state index is 9.85. The number of para-hydroxylation sites is 2. The average molecular weight is 455 g/mol.